The molecule has 25 heavy (non-hydrogen) atoms. The Bertz CT molecular complexity index is 611. The maximum absolute atomic E-state index is 12.5. The number of halogens is 3. The molecule has 2 amide bonds. The van der Waals surface area contributed by atoms with Gasteiger partial charge in [0.25, 0.3) is 0 Å². The molecule has 0 saturated carbocycles. The molecule has 11 heteroatoms. The number of nitrogens with one attached hydrogen (secondary N) is 2. The van der Waals surface area contributed by atoms with Crippen LogP contribution in [0.4, 0.5) is 23.1 Å². The highest BCUT2D eigenvalue weighted by atomic mass is 32.1. The second-order valence-electron chi connectivity index (χ2n) is 6.63. The van der Waals surface area contributed by atoms with Gasteiger partial charge < -0.3 is 15.4 Å². The summed E-state index contributed by atoms with van der Waals surface area (Å²) in [6, 6.07) is 0. The van der Waals surface area contributed by atoms with Gasteiger partial charge in [-0.3, -0.25) is 4.79 Å². The van der Waals surface area contributed by atoms with Crippen LogP contribution in [0.3, 0.4) is 0 Å². The molecule has 0 aliphatic carbocycles. The monoisotopic (exact) mass is 382 g/mol. The molecule has 0 fully saturated rings. The molecule has 1 aromatic heterocycles. The van der Waals surface area contributed by atoms with Crippen molar-refractivity contribution in [1.29, 1.82) is 0 Å². The average Bonchev–Trinajstić information content (AvgIpc) is 2.84. The number of amides is 2. The van der Waals surface area contributed by atoms with Gasteiger partial charge in [0.05, 0.1) is 5.92 Å². The van der Waals surface area contributed by atoms with E-state index in [0.717, 1.165) is 0 Å². The molecular formula is C14H21F3N4O3S. The number of nitrogens with zero attached hydrogens (tertiary/aromatic N) is 2. The van der Waals surface area contributed by atoms with Crippen molar-refractivity contribution in [3.05, 3.63) is 5.01 Å². The third kappa shape index (κ3) is 7.24. The molecule has 1 aromatic rings. The van der Waals surface area contributed by atoms with Gasteiger partial charge in [0.15, 0.2) is 0 Å². The molecule has 142 valence electrons. The second-order valence-corrected chi connectivity index (χ2v) is 7.61. The lowest BCUT2D eigenvalue weighted by molar-refractivity contribution is -0.138. The fourth-order valence-corrected chi connectivity index (χ4v) is 2.34. The number of carbonyl (C=O) groups is 2. The van der Waals surface area contributed by atoms with Gasteiger partial charge in [0, 0.05) is 6.54 Å². The largest absolute Gasteiger partial charge is 0.445 e. The summed E-state index contributed by atoms with van der Waals surface area (Å²) in [5, 5.41) is 9.70. The molecule has 0 spiro atoms. The number of alkyl halides is 3. The quantitative estimate of drug-likeness (QED) is 0.815. The summed E-state index contributed by atoms with van der Waals surface area (Å²) in [5.41, 5.74) is -0.680. The van der Waals surface area contributed by atoms with Gasteiger partial charge in [-0.25, -0.2) is 4.79 Å². The van der Waals surface area contributed by atoms with E-state index in [2.05, 4.69) is 20.8 Å². The first-order chi connectivity index (χ1) is 11.3. The lowest BCUT2D eigenvalue weighted by Crippen LogP contribution is -2.40. The van der Waals surface area contributed by atoms with Crippen LogP contribution in [0.15, 0.2) is 0 Å². The molecule has 2 N–H and O–H groups in total. The molecule has 0 saturated heterocycles. The van der Waals surface area contributed by atoms with Crippen molar-refractivity contribution in [2.24, 2.45) is 11.8 Å². The van der Waals surface area contributed by atoms with Crippen LogP contribution in [0.25, 0.3) is 0 Å². The van der Waals surface area contributed by atoms with Crippen molar-refractivity contribution < 1.29 is 27.5 Å². The molecule has 7 nitrogen and oxygen atoms in total. The van der Waals surface area contributed by atoms with Crippen molar-refractivity contribution >= 4 is 28.5 Å². The normalized spacial score (nSPS) is 13.5. The van der Waals surface area contributed by atoms with E-state index in [9.17, 15) is 22.8 Å². The van der Waals surface area contributed by atoms with Gasteiger partial charge in [0.2, 0.25) is 16.0 Å². The van der Waals surface area contributed by atoms with E-state index in [1.807, 2.05) is 0 Å². The van der Waals surface area contributed by atoms with E-state index < -0.39 is 34.7 Å². The van der Waals surface area contributed by atoms with Crippen molar-refractivity contribution in [1.82, 2.24) is 15.5 Å². The molecule has 1 heterocycles. The Balaban J connectivity index is 2.68. The average molecular weight is 382 g/mol. The van der Waals surface area contributed by atoms with Crippen LogP contribution in [-0.2, 0) is 15.7 Å². The SMILES string of the molecule is CC(C)C(CNC(=O)OC(C)(C)C)C(=O)Nc1nnc(C(F)(F)F)s1. The lowest BCUT2D eigenvalue weighted by Gasteiger charge is -2.23. The topological polar surface area (TPSA) is 93.2 Å². The summed E-state index contributed by atoms with van der Waals surface area (Å²) >= 11 is 0.238. The van der Waals surface area contributed by atoms with Gasteiger partial charge in [-0.15, -0.1) is 10.2 Å². The van der Waals surface area contributed by atoms with E-state index in [1.165, 1.54) is 0 Å². The fourth-order valence-electron chi connectivity index (χ4n) is 1.73. The minimum atomic E-state index is -4.61. The highest BCUT2D eigenvalue weighted by Gasteiger charge is 2.36. The highest BCUT2D eigenvalue weighted by Crippen LogP contribution is 2.33. The van der Waals surface area contributed by atoms with E-state index in [4.69, 9.17) is 4.74 Å². The predicted molar refractivity (Wildman–Crippen MR) is 86.1 cm³/mol. The number of anilines is 1. The van der Waals surface area contributed by atoms with Crippen LogP contribution in [-0.4, -0.2) is 34.3 Å². The number of hydrogen-bond donors (Lipinski definition) is 2. The van der Waals surface area contributed by atoms with Crippen LogP contribution in [0.2, 0.25) is 0 Å². The Morgan fingerprint density at radius 2 is 1.80 bits per heavy atom. The van der Waals surface area contributed by atoms with E-state index >= 15 is 0 Å². The first-order valence-corrected chi connectivity index (χ1v) is 8.29. The number of carbonyl (C=O) groups excluding carboxylic acids is 2. The fraction of sp³-hybridized carbons (Fsp3) is 0.714. The molecule has 1 rings (SSSR count). The second kappa shape index (κ2) is 7.98. The van der Waals surface area contributed by atoms with Gasteiger partial charge in [-0.1, -0.05) is 25.2 Å². The molecule has 1 atom stereocenters. The zero-order valence-electron chi connectivity index (χ0n) is 14.5. The summed E-state index contributed by atoms with van der Waals surface area (Å²) in [5.74, 6) is -1.41. The predicted octanol–water partition coefficient (Wildman–Crippen LogP) is 3.29. The van der Waals surface area contributed by atoms with Crippen molar-refractivity contribution in [2.45, 2.75) is 46.4 Å². The number of rotatable bonds is 5. The standard InChI is InChI=1S/C14H21F3N4O3S/c1-7(2)8(6-18-12(23)24-13(3,4)5)9(22)19-11-21-20-10(25-11)14(15,16)17/h7-8H,6H2,1-5H3,(H,18,23)(H,19,21,22). The van der Waals surface area contributed by atoms with E-state index in [0.29, 0.717) is 0 Å². The van der Waals surface area contributed by atoms with Crippen LogP contribution in [0.5, 0.6) is 0 Å². The third-order valence-electron chi connectivity index (χ3n) is 2.90. The number of ether oxygens (including phenoxy) is 1. The van der Waals surface area contributed by atoms with Crippen molar-refractivity contribution in [3.8, 4) is 0 Å². The molecular weight excluding hydrogens is 361 g/mol. The number of alkyl carbamates (subject to hydrolysis) is 1. The first-order valence-electron chi connectivity index (χ1n) is 7.48. The Morgan fingerprint density at radius 3 is 2.24 bits per heavy atom. The van der Waals surface area contributed by atoms with Gasteiger partial charge in [-0.2, -0.15) is 13.2 Å². The van der Waals surface area contributed by atoms with Gasteiger partial charge >= 0.3 is 12.3 Å². The Morgan fingerprint density at radius 1 is 1.20 bits per heavy atom. The summed E-state index contributed by atoms with van der Waals surface area (Å²) in [6.45, 7) is 8.58. The molecule has 1 unspecified atom stereocenters. The minimum absolute atomic E-state index is 0.0245. The number of hydrogen-bond acceptors (Lipinski definition) is 6. The first kappa shape index (κ1) is 21.1. The van der Waals surface area contributed by atoms with Gasteiger partial charge in [-0.05, 0) is 26.7 Å². The third-order valence-corrected chi connectivity index (χ3v) is 3.79. The molecule has 0 aliphatic heterocycles. The van der Waals surface area contributed by atoms with Crippen molar-refractivity contribution in [3.63, 3.8) is 0 Å². The molecule has 0 bridgehead atoms. The summed E-state index contributed by atoms with van der Waals surface area (Å²) < 4.78 is 42.6. The summed E-state index contributed by atoms with van der Waals surface area (Å²) in [6.07, 6.45) is -5.29. The van der Waals surface area contributed by atoms with Crippen LogP contribution < -0.4 is 10.6 Å². The summed E-state index contributed by atoms with van der Waals surface area (Å²) in [7, 11) is 0. The summed E-state index contributed by atoms with van der Waals surface area (Å²) in [4.78, 5) is 23.9. The van der Waals surface area contributed by atoms with Gasteiger partial charge in [0.1, 0.15) is 5.60 Å². The Labute approximate surface area is 147 Å². The highest BCUT2D eigenvalue weighted by molar-refractivity contribution is 7.15. The Kier molecular flexibility index (Phi) is 6.75. The van der Waals surface area contributed by atoms with E-state index in [1.54, 1.807) is 34.6 Å². The lowest BCUT2D eigenvalue weighted by atomic mass is 9.95. The van der Waals surface area contributed by atoms with Crippen molar-refractivity contribution in [2.75, 3.05) is 11.9 Å². The van der Waals surface area contributed by atoms with Crippen LogP contribution in [0.1, 0.15) is 39.6 Å². The maximum Gasteiger partial charge on any atom is 0.445 e. The Hall–Kier alpha value is -1.91. The molecule has 0 radical (unpaired) electrons. The smallest absolute Gasteiger partial charge is 0.444 e. The van der Waals surface area contributed by atoms with E-state index in [-0.39, 0.29) is 28.9 Å². The minimum Gasteiger partial charge on any atom is -0.444 e. The zero-order chi connectivity index (χ0) is 19.4. The molecule has 0 aliphatic rings. The maximum atomic E-state index is 12.5. The van der Waals surface area contributed by atoms with Crippen LogP contribution >= 0.6 is 11.3 Å². The van der Waals surface area contributed by atoms with Crippen LogP contribution in [0, 0.1) is 11.8 Å². The number of aromatic nitrogens is 2. The zero-order valence-corrected chi connectivity index (χ0v) is 15.3. The molecule has 0 aromatic carbocycles.